The van der Waals surface area contributed by atoms with Gasteiger partial charge in [-0.15, -0.1) is 0 Å². The first-order valence-corrected chi connectivity index (χ1v) is 10.4. The van der Waals surface area contributed by atoms with E-state index < -0.39 is 7.12 Å². The van der Waals surface area contributed by atoms with Crippen molar-refractivity contribution in [1.29, 1.82) is 0 Å². The average molecular weight is 432 g/mol. The third-order valence-electron chi connectivity index (χ3n) is 5.71. The minimum atomic E-state index is -1.60. The molecule has 0 atom stereocenters. The van der Waals surface area contributed by atoms with Crippen LogP contribution >= 0.6 is 0 Å². The number of aromatic nitrogens is 4. The second-order valence-corrected chi connectivity index (χ2v) is 7.98. The number of rotatable bonds is 5. The van der Waals surface area contributed by atoms with Crippen LogP contribution in [-0.4, -0.2) is 55.4 Å². The molecule has 2 aromatic carbocycles. The number of anilines is 1. The monoisotopic (exact) mass is 432 g/mol. The summed E-state index contributed by atoms with van der Waals surface area (Å²) in [6.07, 6.45) is 2.39. The Morgan fingerprint density at radius 2 is 2.00 bits per heavy atom. The summed E-state index contributed by atoms with van der Waals surface area (Å²) >= 11 is 0. The van der Waals surface area contributed by atoms with Gasteiger partial charge in [0.2, 0.25) is 0 Å². The first kappa shape index (κ1) is 20.6. The number of fused-ring (bicyclic) bond motifs is 2. The van der Waals surface area contributed by atoms with Crippen molar-refractivity contribution >= 4 is 29.3 Å². The second kappa shape index (κ2) is 8.31. The standard InChI is InChI=1S/C22H22BFN6O2/c1-29-9-8-16-19(13-29)27-22(28-21(16)25-11-14-4-2-5-15(24)10-14)30-20-7-3-6-18(23(31)32)17(20)12-26-30/h2-7,10,12,31-32H,8-9,11,13H2,1H3,(H,25,27,28). The van der Waals surface area contributed by atoms with Gasteiger partial charge in [-0.1, -0.05) is 24.3 Å². The summed E-state index contributed by atoms with van der Waals surface area (Å²) in [5.74, 6) is 0.811. The summed E-state index contributed by atoms with van der Waals surface area (Å²) in [5.41, 5.74) is 3.82. The van der Waals surface area contributed by atoms with Crippen LogP contribution < -0.4 is 10.8 Å². The third kappa shape index (κ3) is 3.84. The van der Waals surface area contributed by atoms with Gasteiger partial charge < -0.3 is 20.3 Å². The number of hydrogen-bond acceptors (Lipinski definition) is 7. The Hall–Kier alpha value is -3.34. The van der Waals surface area contributed by atoms with Crippen molar-refractivity contribution in [3.05, 3.63) is 71.3 Å². The predicted molar refractivity (Wildman–Crippen MR) is 120 cm³/mol. The summed E-state index contributed by atoms with van der Waals surface area (Å²) in [6, 6.07) is 11.7. The molecule has 0 amide bonds. The van der Waals surface area contributed by atoms with E-state index in [2.05, 4.69) is 15.3 Å². The molecule has 32 heavy (non-hydrogen) atoms. The van der Waals surface area contributed by atoms with Crippen LogP contribution in [-0.2, 0) is 19.5 Å². The highest BCUT2D eigenvalue weighted by atomic mass is 19.1. The highest BCUT2D eigenvalue weighted by Gasteiger charge is 2.23. The van der Waals surface area contributed by atoms with E-state index in [9.17, 15) is 14.4 Å². The molecule has 0 unspecified atom stereocenters. The molecule has 10 heteroatoms. The summed E-state index contributed by atoms with van der Waals surface area (Å²) in [7, 11) is 0.445. The summed E-state index contributed by atoms with van der Waals surface area (Å²) in [6.45, 7) is 2.00. The lowest BCUT2D eigenvalue weighted by atomic mass is 9.78. The molecule has 0 bridgehead atoms. The predicted octanol–water partition coefficient (Wildman–Crippen LogP) is 1.23. The van der Waals surface area contributed by atoms with Gasteiger partial charge in [-0.3, -0.25) is 0 Å². The Labute approximate surface area is 184 Å². The van der Waals surface area contributed by atoms with Crippen LogP contribution in [0.4, 0.5) is 10.2 Å². The minimum absolute atomic E-state index is 0.277. The van der Waals surface area contributed by atoms with Crippen molar-refractivity contribution in [2.45, 2.75) is 19.5 Å². The van der Waals surface area contributed by atoms with Crippen molar-refractivity contribution < 1.29 is 14.4 Å². The maximum Gasteiger partial charge on any atom is 0.489 e. The molecule has 2 aromatic heterocycles. The Bertz CT molecular complexity index is 1290. The largest absolute Gasteiger partial charge is 0.489 e. The van der Waals surface area contributed by atoms with Crippen molar-refractivity contribution in [2.24, 2.45) is 0 Å². The molecule has 0 aliphatic carbocycles. The smallest absolute Gasteiger partial charge is 0.423 e. The van der Waals surface area contributed by atoms with Gasteiger partial charge in [0.05, 0.1) is 17.4 Å². The Morgan fingerprint density at radius 1 is 1.16 bits per heavy atom. The lowest BCUT2D eigenvalue weighted by Gasteiger charge is -2.26. The van der Waals surface area contributed by atoms with Crippen LogP contribution in [0.3, 0.4) is 0 Å². The zero-order valence-corrected chi connectivity index (χ0v) is 17.5. The fourth-order valence-corrected chi connectivity index (χ4v) is 4.08. The van der Waals surface area contributed by atoms with E-state index in [4.69, 9.17) is 9.97 Å². The van der Waals surface area contributed by atoms with Crippen molar-refractivity contribution in [3.63, 3.8) is 0 Å². The fourth-order valence-electron chi connectivity index (χ4n) is 4.08. The maximum absolute atomic E-state index is 13.6. The third-order valence-corrected chi connectivity index (χ3v) is 5.71. The zero-order chi connectivity index (χ0) is 22.2. The molecule has 5 rings (SSSR count). The molecule has 0 radical (unpaired) electrons. The van der Waals surface area contributed by atoms with Crippen molar-refractivity contribution in [1.82, 2.24) is 24.6 Å². The molecular formula is C22H22BFN6O2. The van der Waals surface area contributed by atoms with E-state index in [0.29, 0.717) is 41.2 Å². The molecule has 3 N–H and O–H groups in total. The molecule has 0 saturated heterocycles. The molecule has 3 heterocycles. The second-order valence-electron chi connectivity index (χ2n) is 7.98. The Morgan fingerprint density at radius 3 is 2.81 bits per heavy atom. The van der Waals surface area contributed by atoms with Gasteiger partial charge in [0.1, 0.15) is 11.6 Å². The number of hydrogen-bond donors (Lipinski definition) is 3. The maximum atomic E-state index is 13.6. The van der Waals surface area contributed by atoms with Crippen molar-refractivity contribution in [2.75, 3.05) is 18.9 Å². The van der Waals surface area contributed by atoms with Gasteiger partial charge in [-0.05, 0) is 42.7 Å². The van der Waals surface area contributed by atoms with E-state index in [1.54, 1.807) is 29.1 Å². The molecule has 1 aliphatic rings. The first-order chi connectivity index (χ1) is 15.5. The minimum Gasteiger partial charge on any atom is -0.423 e. The SMILES string of the molecule is CN1CCc2c(nc(-n3ncc4c(B(O)O)cccc43)nc2NCc2cccc(F)c2)C1. The average Bonchev–Trinajstić information content (AvgIpc) is 3.21. The number of likely N-dealkylation sites (N-methyl/N-ethyl adjacent to an activating group) is 1. The van der Waals surface area contributed by atoms with E-state index in [1.165, 1.54) is 12.1 Å². The highest BCUT2D eigenvalue weighted by molar-refractivity contribution is 6.61. The highest BCUT2D eigenvalue weighted by Crippen LogP contribution is 2.26. The van der Waals surface area contributed by atoms with Crippen molar-refractivity contribution in [3.8, 4) is 5.95 Å². The lowest BCUT2D eigenvalue weighted by Crippen LogP contribution is -2.30. The van der Waals surface area contributed by atoms with Crippen LogP contribution in [0.15, 0.2) is 48.7 Å². The quantitative estimate of drug-likeness (QED) is 0.408. The molecule has 1 aliphatic heterocycles. The van der Waals surface area contributed by atoms with E-state index >= 15 is 0 Å². The number of halogens is 1. The Balaban J connectivity index is 1.58. The fraction of sp³-hybridized carbons (Fsp3) is 0.227. The summed E-state index contributed by atoms with van der Waals surface area (Å²) < 4.78 is 15.2. The van der Waals surface area contributed by atoms with Crippen LogP contribution in [0.25, 0.3) is 16.9 Å². The number of benzene rings is 2. The number of nitrogens with zero attached hydrogens (tertiary/aromatic N) is 5. The van der Waals surface area contributed by atoms with Gasteiger partial charge in [0, 0.05) is 30.6 Å². The van der Waals surface area contributed by atoms with Gasteiger partial charge in [0.15, 0.2) is 0 Å². The van der Waals surface area contributed by atoms with E-state index in [-0.39, 0.29) is 5.82 Å². The van der Waals surface area contributed by atoms with Crippen LogP contribution in [0, 0.1) is 5.82 Å². The molecule has 162 valence electrons. The molecular weight excluding hydrogens is 410 g/mol. The summed E-state index contributed by atoms with van der Waals surface area (Å²) in [4.78, 5) is 11.7. The molecule has 0 fully saturated rings. The molecule has 0 saturated carbocycles. The molecule has 8 nitrogen and oxygen atoms in total. The van der Waals surface area contributed by atoms with Gasteiger partial charge in [-0.2, -0.15) is 14.8 Å². The van der Waals surface area contributed by atoms with Gasteiger partial charge in [0.25, 0.3) is 5.95 Å². The zero-order valence-electron chi connectivity index (χ0n) is 17.5. The van der Waals surface area contributed by atoms with Crippen LogP contribution in [0.1, 0.15) is 16.8 Å². The first-order valence-electron chi connectivity index (χ1n) is 10.4. The van der Waals surface area contributed by atoms with E-state index in [0.717, 1.165) is 29.8 Å². The van der Waals surface area contributed by atoms with Crippen LogP contribution in [0.2, 0.25) is 0 Å². The molecule has 0 spiro atoms. The summed E-state index contributed by atoms with van der Waals surface area (Å²) in [5, 5.41) is 27.8. The van der Waals surface area contributed by atoms with Gasteiger partial charge in [-0.25, -0.2) is 9.37 Å². The van der Waals surface area contributed by atoms with Crippen LogP contribution in [0.5, 0.6) is 0 Å². The lowest BCUT2D eigenvalue weighted by molar-refractivity contribution is 0.307. The van der Waals surface area contributed by atoms with Gasteiger partial charge >= 0.3 is 7.12 Å². The molecule has 4 aromatic rings. The van der Waals surface area contributed by atoms with E-state index in [1.807, 2.05) is 19.2 Å². The number of nitrogens with one attached hydrogen (secondary N) is 1. The Kier molecular flexibility index (Phi) is 5.34. The normalized spacial score (nSPS) is 13.9. The topological polar surface area (TPSA) is 99.3 Å².